The lowest BCUT2D eigenvalue weighted by molar-refractivity contribution is 0.289. The lowest BCUT2D eigenvalue weighted by atomic mass is 10.3. The summed E-state index contributed by atoms with van der Waals surface area (Å²) < 4.78 is 19.0. The number of rotatable bonds is 9. The molecule has 0 aliphatic heterocycles. The van der Waals surface area contributed by atoms with Gasteiger partial charge in [0.15, 0.2) is 5.82 Å². The molecule has 2 N–H and O–H groups in total. The zero-order chi connectivity index (χ0) is 19.1. The second-order valence-electron chi connectivity index (χ2n) is 5.39. The van der Waals surface area contributed by atoms with E-state index in [4.69, 9.17) is 20.1 Å². The van der Waals surface area contributed by atoms with Crippen molar-refractivity contribution < 1.29 is 14.2 Å². The smallest absolute Gasteiger partial charge is 0.210 e. The minimum Gasteiger partial charge on any atom is -0.497 e. The van der Waals surface area contributed by atoms with Crippen molar-refractivity contribution in [1.82, 2.24) is 14.9 Å². The highest BCUT2D eigenvalue weighted by atomic mass is 79.9. The number of hydrogen-bond donors (Lipinski definition) is 1. The largest absolute Gasteiger partial charge is 0.497 e. The van der Waals surface area contributed by atoms with E-state index in [1.165, 1.54) is 16.4 Å². The van der Waals surface area contributed by atoms with Gasteiger partial charge in [0.25, 0.3) is 0 Å². The van der Waals surface area contributed by atoms with Crippen LogP contribution in [0.5, 0.6) is 17.2 Å². The number of nitrogens with zero attached hydrogens (tertiary/aromatic N) is 3. The molecule has 27 heavy (non-hydrogen) atoms. The number of nitrogen functional groups attached to an aromatic ring is 1. The Hall–Kier alpha value is -2.39. The third-order valence-corrected chi connectivity index (χ3v) is 4.92. The van der Waals surface area contributed by atoms with Crippen molar-refractivity contribution in [3.63, 3.8) is 0 Å². The standard InChI is InChI=1S/C18H19BrN4O3S/c1-24-14-5-3-7-16(11-14)26-12-17-21-22-18(23(17)20)27-9-8-25-15-6-2-4-13(19)10-15/h2-7,10-11H,8-9,12,20H2,1H3. The Morgan fingerprint density at radius 3 is 2.56 bits per heavy atom. The highest BCUT2D eigenvalue weighted by molar-refractivity contribution is 9.10. The summed E-state index contributed by atoms with van der Waals surface area (Å²) >= 11 is 4.89. The number of benzene rings is 2. The predicted octanol–water partition coefficient (Wildman–Crippen LogP) is 3.51. The number of ether oxygens (including phenoxy) is 3. The van der Waals surface area contributed by atoms with E-state index in [1.54, 1.807) is 13.2 Å². The first-order chi connectivity index (χ1) is 13.2. The SMILES string of the molecule is COc1cccc(OCc2nnc(SCCOc3cccc(Br)c3)n2N)c1. The average Bonchev–Trinajstić information content (AvgIpc) is 3.03. The van der Waals surface area contributed by atoms with E-state index < -0.39 is 0 Å². The summed E-state index contributed by atoms with van der Waals surface area (Å²) in [4.78, 5) is 0. The molecule has 0 saturated heterocycles. The first-order valence-electron chi connectivity index (χ1n) is 8.13. The molecule has 0 bridgehead atoms. The molecule has 0 fully saturated rings. The van der Waals surface area contributed by atoms with E-state index >= 15 is 0 Å². The Kier molecular flexibility index (Phi) is 6.83. The van der Waals surface area contributed by atoms with Gasteiger partial charge in [-0.3, -0.25) is 0 Å². The van der Waals surface area contributed by atoms with Crippen LogP contribution in [0.3, 0.4) is 0 Å². The minimum absolute atomic E-state index is 0.214. The lowest BCUT2D eigenvalue weighted by Crippen LogP contribution is -2.16. The van der Waals surface area contributed by atoms with Crippen molar-refractivity contribution in [2.75, 3.05) is 25.3 Å². The van der Waals surface area contributed by atoms with Gasteiger partial charge < -0.3 is 20.1 Å². The van der Waals surface area contributed by atoms with Crippen LogP contribution in [0.1, 0.15) is 5.82 Å². The van der Waals surface area contributed by atoms with Crippen LogP contribution in [-0.4, -0.2) is 34.3 Å². The Balaban J connectivity index is 1.48. The van der Waals surface area contributed by atoms with E-state index in [0.717, 1.165) is 16.0 Å². The Morgan fingerprint density at radius 1 is 1.04 bits per heavy atom. The van der Waals surface area contributed by atoms with Crippen LogP contribution in [0.25, 0.3) is 0 Å². The van der Waals surface area contributed by atoms with E-state index in [-0.39, 0.29) is 6.61 Å². The summed E-state index contributed by atoms with van der Waals surface area (Å²) in [6.45, 7) is 0.745. The minimum atomic E-state index is 0.214. The van der Waals surface area contributed by atoms with Gasteiger partial charge in [0.2, 0.25) is 5.16 Å². The van der Waals surface area contributed by atoms with Crippen LogP contribution in [0.15, 0.2) is 58.2 Å². The lowest BCUT2D eigenvalue weighted by Gasteiger charge is -2.08. The maximum absolute atomic E-state index is 6.06. The van der Waals surface area contributed by atoms with Crippen LogP contribution in [0.4, 0.5) is 0 Å². The molecule has 0 unspecified atom stereocenters. The molecule has 142 valence electrons. The number of hydrogen-bond acceptors (Lipinski definition) is 7. The highest BCUT2D eigenvalue weighted by Crippen LogP contribution is 2.21. The van der Waals surface area contributed by atoms with Crippen LogP contribution in [0, 0.1) is 0 Å². The van der Waals surface area contributed by atoms with Crippen LogP contribution >= 0.6 is 27.7 Å². The van der Waals surface area contributed by atoms with Gasteiger partial charge >= 0.3 is 0 Å². The second-order valence-corrected chi connectivity index (χ2v) is 7.37. The molecular formula is C18H19BrN4O3S. The summed E-state index contributed by atoms with van der Waals surface area (Å²) in [7, 11) is 1.61. The Bertz CT molecular complexity index is 891. The van der Waals surface area contributed by atoms with Gasteiger partial charge in [-0.1, -0.05) is 39.8 Å². The fourth-order valence-electron chi connectivity index (χ4n) is 2.19. The predicted molar refractivity (Wildman–Crippen MR) is 108 cm³/mol. The fourth-order valence-corrected chi connectivity index (χ4v) is 3.26. The van der Waals surface area contributed by atoms with Crippen LogP contribution in [-0.2, 0) is 6.61 Å². The fraction of sp³-hybridized carbons (Fsp3) is 0.222. The van der Waals surface area contributed by atoms with E-state index in [2.05, 4.69) is 26.1 Å². The molecule has 2 aromatic carbocycles. The maximum Gasteiger partial charge on any atom is 0.210 e. The molecular weight excluding hydrogens is 432 g/mol. The zero-order valence-corrected chi connectivity index (χ0v) is 17.1. The molecule has 9 heteroatoms. The summed E-state index contributed by atoms with van der Waals surface area (Å²) in [6.07, 6.45) is 0. The van der Waals surface area contributed by atoms with Crippen LogP contribution < -0.4 is 20.1 Å². The Labute approximate surface area is 169 Å². The Morgan fingerprint density at radius 2 is 1.78 bits per heavy atom. The number of methoxy groups -OCH3 is 1. The van der Waals surface area contributed by atoms with Gasteiger partial charge in [-0.2, -0.15) is 0 Å². The van der Waals surface area contributed by atoms with Gasteiger partial charge in [-0.05, 0) is 30.3 Å². The van der Waals surface area contributed by atoms with Gasteiger partial charge in [-0.25, -0.2) is 4.68 Å². The molecule has 0 amide bonds. The third kappa shape index (κ3) is 5.54. The summed E-state index contributed by atoms with van der Waals surface area (Å²) in [5.74, 6) is 9.50. The topological polar surface area (TPSA) is 84.4 Å². The van der Waals surface area contributed by atoms with Crippen molar-refractivity contribution in [2.24, 2.45) is 0 Å². The molecule has 0 radical (unpaired) electrons. The normalized spacial score (nSPS) is 10.6. The highest BCUT2D eigenvalue weighted by Gasteiger charge is 2.11. The zero-order valence-electron chi connectivity index (χ0n) is 14.7. The van der Waals surface area contributed by atoms with Crippen molar-refractivity contribution in [3.05, 3.63) is 58.8 Å². The molecule has 0 aliphatic carbocycles. The summed E-state index contributed by atoms with van der Waals surface area (Å²) in [5, 5.41) is 8.80. The third-order valence-electron chi connectivity index (χ3n) is 3.52. The van der Waals surface area contributed by atoms with Crippen molar-refractivity contribution in [1.29, 1.82) is 0 Å². The molecule has 0 atom stereocenters. The number of nitrogens with two attached hydrogens (primary N) is 1. The van der Waals surface area contributed by atoms with E-state index in [1.807, 2.05) is 42.5 Å². The van der Waals surface area contributed by atoms with Crippen molar-refractivity contribution in [2.45, 2.75) is 11.8 Å². The molecule has 1 aromatic heterocycles. The molecule has 7 nitrogen and oxygen atoms in total. The van der Waals surface area contributed by atoms with E-state index in [9.17, 15) is 0 Å². The molecule has 1 heterocycles. The molecule has 0 aliphatic rings. The first-order valence-corrected chi connectivity index (χ1v) is 9.91. The molecule has 0 saturated carbocycles. The number of thioether (sulfide) groups is 1. The quantitative estimate of drug-likeness (QED) is 0.303. The van der Waals surface area contributed by atoms with Gasteiger partial charge in [0.1, 0.15) is 23.9 Å². The second kappa shape index (κ2) is 9.52. The number of halogens is 1. The monoisotopic (exact) mass is 450 g/mol. The molecule has 3 rings (SSSR count). The average molecular weight is 451 g/mol. The maximum atomic E-state index is 6.06. The van der Waals surface area contributed by atoms with Gasteiger partial charge in [-0.15, -0.1) is 10.2 Å². The molecule has 0 spiro atoms. The van der Waals surface area contributed by atoms with Gasteiger partial charge in [0.05, 0.1) is 13.7 Å². The number of aromatic nitrogens is 3. The van der Waals surface area contributed by atoms with Gasteiger partial charge in [0, 0.05) is 16.3 Å². The first kappa shape index (κ1) is 19.4. The van der Waals surface area contributed by atoms with Crippen molar-refractivity contribution >= 4 is 27.7 Å². The van der Waals surface area contributed by atoms with Crippen LogP contribution in [0.2, 0.25) is 0 Å². The van der Waals surface area contributed by atoms with E-state index in [0.29, 0.717) is 29.1 Å². The summed E-state index contributed by atoms with van der Waals surface area (Å²) in [6, 6.07) is 15.1. The summed E-state index contributed by atoms with van der Waals surface area (Å²) in [5.41, 5.74) is 0. The molecule has 3 aromatic rings. The van der Waals surface area contributed by atoms with Crippen molar-refractivity contribution in [3.8, 4) is 17.2 Å².